The molecule has 2 heterocycles. The van der Waals surface area contributed by atoms with Gasteiger partial charge in [0.25, 0.3) is 0 Å². The normalized spacial score (nSPS) is 16.3. The Hall–Kier alpha value is -2.14. The summed E-state index contributed by atoms with van der Waals surface area (Å²) in [5.41, 5.74) is 1.31. The van der Waals surface area contributed by atoms with Crippen molar-refractivity contribution in [2.24, 2.45) is 5.92 Å². The lowest BCUT2D eigenvalue weighted by molar-refractivity contribution is -0.126. The lowest BCUT2D eigenvalue weighted by atomic mass is 9.95. The Morgan fingerprint density at radius 3 is 2.58 bits per heavy atom. The van der Waals surface area contributed by atoms with Gasteiger partial charge in [-0.15, -0.1) is 10.2 Å². The third-order valence-electron chi connectivity index (χ3n) is 4.91. The Morgan fingerprint density at radius 1 is 1.19 bits per heavy atom. The number of rotatable bonds is 6. The molecule has 26 heavy (non-hydrogen) atoms. The van der Waals surface area contributed by atoms with Crippen molar-refractivity contribution in [3.05, 3.63) is 53.2 Å². The third kappa shape index (κ3) is 5.18. The predicted molar refractivity (Wildman–Crippen MR) is 104 cm³/mol. The number of anilines is 1. The smallest absolute Gasteiger partial charge is 0.223 e. The second-order valence-corrected chi connectivity index (χ2v) is 7.30. The molecule has 0 saturated carbocycles. The van der Waals surface area contributed by atoms with Crippen LogP contribution in [-0.2, 0) is 11.2 Å². The van der Waals surface area contributed by atoms with E-state index in [9.17, 15) is 4.79 Å². The number of hydrogen-bond donors (Lipinski definition) is 1. The Morgan fingerprint density at radius 2 is 1.92 bits per heavy atom. The molecule has 1 aromatic carbocycles. The topological polar surface area (TPSA) is 58.1 Å². The summed E-state index contributed by atoms with van der Waals surface area (Å²) in [6.45, 7) is 3.71. The molecule has 2 aromatic rings. The number of carbonyl (C=O) groups is 1. The van der Waals surface area contributed by atoms with E-state index in [1.54, 1.807) is 6.07 Å². The van der Waals surface area contributed by atoms with Gasteiger partial charge in [-0.3, -0.25) is 4.79 Å². The molecule has 1 atom stereocenters. The lowest BCUT2D eigenvalue weighted by Crippen LogP contribution is -2.43. The number of halogens is 1. The first-order chi connectivity index (χ1) is 12.6. The number of hydrogen-bond acceptors (Lipinski definition) is 4. The van der Waals surface area contributed by atoms with E-state index in [-0.39, 0.29) is 17.9 Å². The highest BCUT2D eigenvalue weighted by atomic mass is 35.5. The summed E-state index contributed by atoms with van der Waals surface area (Å²) in [6.07, 6.45) is 3.61. The summed E-state index contributed by atoms with van der Waals surface area (Å²) >= 11 is 5.78. The molecule has 1 fully saturated rings. The van der Waals surface area contributed by atoms with E-state index >= 15 is 0 Å². The first kappa shape index (κ1) is 18.6. The molecule has 1 amide bonds. The highest BCUT2D eigenvalue weighted by Gasteiger charge is 2.26. The molecule has 5 nitrogen and oxygen atoms in total. The standard InChI is InChI=1S/C20H25ClN4O/c1-15(7-8-16-5-3-2-4-6-16)22-20(26)17-11-13-25(14-12-17)19-10-9-18(21)23-24-19/h2-6,9-10,15,17H,7-8,11-14H2,1H3,(H,22,26). The minimum absolute atomic E-state index is 0.0747. The number of benzene rings is 1. The number of aryl methyl sites for hydroxylation is 1. The SMILES string of the molecule is CC(CCc1ccccc1)NC(=O)C1CCN(c2ccc(Cl)nn2)CC1. The molecule has 1 N–H and O–H groups in total. The molecule has 1 aliphatic heterocycles. The number of nitrogens with zero attached hydrogens (tertiary/aromatic N) is 3. The number of piperidine rings is 1. The molecule has 0 aliphatic carbocycles. The average Bonchev–Trinajstić information content (AvgIpc) is 2.68. The molecule has 0 radical (unpaired) electrons. The van der Waals surface area contributed by atoms with Gasteiger partial charge in [-0.05, 0) is 50.3 Å². The van der Waals surface area contributed by atoms with Gasteiger partial charge in [0.2, 0.25) is 5.91 Å². The van der Waals surface area contributed by atoms with Crippen LogP contribution in [0.3, 0.4) is 0 Å². The summed E-state index contributed by atoms with van der Waals surface area (Å²) in [5, 5.41) is 11.6. The van der Waals surface area contributed by atoms with Gasteiger partial charge >= 0.3 is 0 Å². The molecule has 0 spiro atoms. The van der Waals surface area contributed by atoms with E-state index in [0.717, 1.165) is 44.6 Å². The van der Waals surface area contributed by atoms with Gasteiger partial charge in [-0.1, -0.05) is 41.9 Å². The van der Waals surface area contributed by atoms with E-state index in [0.29, 0.717) is 5.15 Å². The maximum atomic E-state index is 12.5. The summed E-state index contributed by atoms with van der Waals surface area (Å²) in [6, 6.07) is 14.2. The zero-order valence-corrected chi connectivity index (χ0v) is 15.8. The van der Waals surface area contributed by atoms with Gasteiger partial charge in [0.1, 0.15) is 0 Å². The summed E-state index contributed by atoms with van der Waals surface area (Å²) in [5.74, 6) is 1.07. The summed E-state index contributed by atoms with van der Waals surface area (Å²) in [7, 11) is 0. The Labute approximate surface area is 159 Å². The molecule has 1 unspecified atom stereocenters. The van der Waals surface area contributed by atoms with E-state index in [1.807, 2.05) is 12.1 Å². The van der Waals surface area contributed by atoms with Crippen molar-refractivity contribution in [3.63, 3.8) is 0 Å². The molecule has 1 saturated heterocycles. The second kappa shape index (κ2) is 8.99. The van der Waals surface area contributed by atoms with Crippen molar-refractivity contribution in [1.29, 1.82) is 0 Å². The molecular weight excluding hydrogens is 348 g/mol. The minimum atomic E-state index is 0.0747. The molecule has 0 bridgehead atoms. The van der Waals surface area contributed by atoms with Crippen LogP contribution in [0.5, 0.6) is 0 Å². The number of aromatic nitrogens is 2. The average molecular weight is 373 g/mol. The predicted octanol–water partition coefficient (Wildman–Crippen LogP) is 3.48. The fraction of sp³-hybridized carbons (Fsp3) is 0.450. The van der Waals surface area contributed by atoms with Crippen molar-refractivity contribution in [2.45, 2.75) is 38.6 Å². The minimum Gasteiger partial charge on any atom is -0.355 e. The van der Waals surface area contributed by atoms with Gasteiger partial charge in [-0.25, -0.2) is 0 Å². The van der Waals surface area contributed by atoms with Crippen LogP contribution in [0.4, 0.5) is 5.82 Å². The van der Waals surface area contributed by atoms with E-state index < -0.39 is 0 Å². The molecule has 6 heteroatoms. The Bertz CT molecular complexity index is 700. The van der Waals surface area contributed by atoms with E-state index in [1.165, 1.54) is 5.56 Å². The van der Waals surface area contributed by atoms with Crippen LogP contribution in [0.25, 0.3) is 0 Å². The number of nitrogens with one attached hydrogen (secondary N) is 1. The zero-order chi connectivity index (χ0) is 18.4. The van der Waals surface area contributed by atoms with Crippen LogP contribution in [0, 0.1) is 5.92 Å². The van der Waals surface area contributed by atoms with Gasteiger partial charge < -0.3 is 10.2 Å². The summed E-state index contributed by atoms with van der Waals surface area (Å²) in [4.78, 5) is 14.7. The van der Waals surface area contributed by atoms with Gasteiger partial charge in [0.15, 0.2) is 11.0 Å². The Kier molecular flexibility index (Phi) is 6.45. The van der Waals surface area contributed by atoms with Crippen LogP contribution in [0.15, 0.2) is 42.5 Å². The fourth-order valence-electron chi connectivity index (χ4n) is 3.31. The third-order valence-corrected chi connectivity index (χ3v) is 5.11. The molecular formula is C20H25ClN4O. The molecule has 138 valence electrons. The highest BCUT2D eigenvalue weighted by molar-refractivity contribution is 6.29. The van der Waals surface area contributed by atoms with Gasteiger partial charge in [0.05, 0.1) is 0 Å². The van der Waals surface area contributed by atoms with Gasteiger partial charge in [0, 0.05) is 25.0 Å². The van der Waals surface area contributed by atoms with Crippen LogP contribution >= 0.6 is 11.6 Å². The fourth-order valence-corrected chi connectivity index (χ4v) is 3.41. The van der Waals surface area contributed by atoms with Crippen molar-refractivity contribution >= 4 is 23.3 Å². The van der Waals surface area contributed by atoms with E-state index in [2.05, 4.69) is 51.6 Å². The molecule has 3 rings (SSSR count). The van der Waals surface area contributed by atoms with Gasteiger partial charge in [-0.2, -0.15) is 0 Å². The molecule has 1 aliphatic rings. The largest absolute Gasteiger partial charge is 0.355 e. The monoisotopic (exact) mass is 372 g/mol. The number of carbonyl (C=O) groups excluding carboxylic acids is 1. The Balaban J connectivity index is 1.42. The van der Waals surface area contributed by atoms with Crippen LogP contribution < -0.4 is 10.2 Å². The molecule has 1 aromatic heterocycles. The highest BCUT2D eigenvalue weighted by Crippen LogP contribution is 2.22. The van der Waals surface area contributed by atoms with Crippen molar-refractivity contribution in [3.8, 4) is 0 Å². The van der Waals surface area contributed by atoms with Crippen molar-refractivity contribution in [1.82, 2.24) is 15.5 Å². The lowest BCUT2D eigenvalue weighted by Gasteiger charge is -2.32. The maximum absolute atomic E-state index is 12.5. The zero-order valence-electron chi connectivity index (χ0n) is 15.1. The van der Waals surface area contributed by atoms with Crippen molar-refractivity contribution < 1.29 is 4.79 Å². The number of amides is 1. The first-order valence-electron chi connectivity index (χ1n) is 9.20. The van der Waals surface area contributed by atoms with Crippen molar-refractivity contribution in [2.75, 3.05) is 18.0 Å². The second-order valence-electron chi connectivity index (χ2n) is 6.91. The summed E-state index contributed by atoms with van der Waals surface area (Å²) < 4.78 is 0. The van der Waals surface area contributed by atoms with Crippen LogP contribution in [0.1, 0.15) is 31.7 Å². The van der Waals surface area contributed by atoms with Crippen LogP contribution in [-0.4, -0.2) is 35.2 Å². The van der Waals surface area contributed by atoms with E-state index in [4.69, 9.17) is 11.6 Å². The first-order valence-corrected chi connectivity index (χ1v) is 9.58. The maximum Gasteiger partial charge on any atom is 0.223 e. The van der Waals surface area contributed by atoms with Crippen LogP contribution in [0.2, 0.25) is 5.15 Å². The quantitative estimate of drug-likeness (QED) is 0.843.